The average Bonchev–Trinajstić information content (AvgIpc) is 2.69. The van der Waals surface area contributed by atoms with Crippen LogP contribution >= 0.6 is 23.4 Å². The summed E-state index contributed by atoms with van der Waals surface area (Å²) in [5, 5.41) is 4.15. The minimum atomic E-state index is 0.578. The number of benzene rings is 1. The minimum absolute atomic E-state index is 0.578. The normalized spacial score (nSPS) is 10.5. The van der Waals surface area contributed by atoms with E-state index in [0.717, 1.165) is 4.90 Å². The second-order valence-electron chi connectivity index (χ2n) is 2.81. The molecular formula is C9H8ClN3OS. The molecule has 0 saturated heterocycles. The van der Waals surface area contributed by atoms with E-state index in [1.807, 2.05) is 6.07 Å². The Labute approximate surface area is 95.8 Å². The molecule has 0 radical (unpaired) electrons. The van der Waals surface area contributed by atoms with Gasteiger partial charge in [-0.15, -0.1) is 11.8 Å². The molecule has 2 rings (SSSR count). The SMILES string of the molecule is Nc1cc(Cl)ccc1SCc1ncno1. The average molecular weight is 242 g/mol. The van der Waals surface area contributed by atoms with Crippen molar-refractivity contribution in [2.24, 2.45) is 0 Å². The van der Waals surface area contributed by atoms with Gasteiger partial charge in [0.15, 0.2) is 6.33 Å². The van der Waals surface area contributed by atoms with Crippen molar-refractivity contribution in [2.45, 2.75) is 10.6 Å². The molecule has 4 nitrogen and oxygen atoms in total. The molecule has 0 fully saturated rings. The van der Waals surface area contributed by atoms with Gasteiger partial charge in [-0.1, -0.05) is 16.8 Å². The zero-order valence-electron chi connectivity index (χ0n) is 7.68. The predicted octanol–water partition coefficient (Wildman–Crippen LogP) is 2.60. The molecule has 0 aliphatic rings. The largest absolute Gasteiger partial charge is 0.398 e. The first-order chi connectivity index (χ1) is 7.25. The van der Waals surface area contributed by atoms with Crippen LogP contribution in [0.3, 0.4) is 0 Å². The van der Waals surface area contributed by atoms with E-state index in [1.54, 1.807) is 12.1 Å². The smallest absolute Gasteiger partial charge is 0.236 e. The zero-order valence-corrected chi connectivity index (χ0v) is 9.26. The van der Waals surface area contributed by atoms with E-state index in [2.05, 4.69) is 10.1 Å². The van der Waals surface area contributed by atoms with Gasteiger partial charge in [0, 0.05) is 15.6 Å². The number of aromatic nitrogens is 2. The lowest BCUT2D eigenvalue weighted by Gasteiger charge is -2.03. The number of halogens is 1. The molecule has 15 heavy (non-hydrogen) atoms. The van der Waals surface area contributed by atoms with E-state index in [4.69, 9.17) is 21.9 Å². The van der Waals surface area contributed by atoms with Crippen molar-refractivity contribution in [3.63, 3.8) is 0 Å². The van der Waals surface area contributed by atoms with Crippen molar-refractivity contribution in [1.29, 1.82) is 0 Å². The number of thioether (sulfide) groups is 1. The van der Waals surface area contributed by atoms with Gasteiger partial charge in [0.1, 0.15) is 0 Å². The molecule has 2 aromatic rings. The Morgan fingerprint density at radius 3 is 3.00 bits per heavy atom. The van der Waals surface area contributed by atoms with Gasteiger partial charge < -0.3 is 10.3 Å². The highest BCUT2D eigenvalue weighted by Crippen LogP contribution is 2.29. The second kappa shape index (κ2) is 4.55. The molecule has 0 spiro atoms. The van der Waals surface area contributed by atoms with Crippen molar-refractivity contribution in [1.82, 2.24) is 10.1 Å². The Morgan fingerprint density at radius 1 is 1.47 bits per heavy atom. The lowest BCUT2D eigenvalue weighted by atomic mass is 10.3. The first kappa shape index (κ1) is 10.3. The molecule has 6 heteroatoms. The molecule has 0 saturated carbocycles. The Balaban J connectivity index is 2.05. The third kappa shape index (κ3) is 2.64. The molecule has 0 unspecified atom stereocenters. The topological polar surface area (TPSA) is 64.9 Å². The fourth-order valence-electron chi connectivity index (χ4n) is 1.05. The first-order valence-electron chi connectivity index (χ1n) is 4.19. The van der Waals surface area contributed by atoms with Crippen LogP contribution < -0.4 is 5.73 Å². The maximum atomic E-state index is 5.79. The van der Waals surface area contributed by atoms with Crippen LogP contribution in [0.4, 0.5) is 5.69 Å². The summed E-state index contributed by atoms with van der Waals surface area (Å²) in [4.78, 5) is 4.87. The van der Waals surface area contributed by atoms with Gasteiger partial charge in [0.05, 0.1) is 5.75 Å². The summed E-state index contributed by atoms with van der Waals surface area (Å²) in [6.45, 7) is 0. The quantitative estimate of drug-likeness (QED) is 0.661. The molecule has 2 N–H and O–H groups in total. The highest BCUT2D eigenvalue weighted by atomic mass is 35.5. The van der Waals surface area contributed by atoms with Crippen LogP contribution in [-0.4, -0.2) is 10.1 Å². The summed E-state index contributed by atoms with van der Waals surface area (Å²) in [6, 6.07) is 5.39. The molecule has 0 amide bonds. The van der Waals surface area contributed by atoms with Gasteiger partial charge in [-0.3, -0.25) is 0 Å². The van der Waals surface area contributed by atoms with Crippen molar-refractivity contribution < 1.29 is 4.52 Å². The van der Waals surface area contributed by atoms with Crippen molar-refractivity contribution in [3.05, 3.63) is 35.4 Å². The van der Waals surface area contributed by atoms with Gasteiger partial charge in [-0.25, -0.2) is 0 Å². The lowest BCUT2D eigenvalue weighted by Crippen LogP contribution is -1.88. The van der Waals surface area contributed by atoms with Crippen molar-refractivity contribution >= 4 is 29.1 Å². The molecule has 1 heterocycles. The van der Waals surface area contributed by atoms with E-state index < -0.39 is 0 Å². The maximum absolute atomic E-state index is 5.79. The predicted molar refractivity (Wildman–Crippen MR) is 59.7 cm³/mol. The number of nitrogen functional groups attached to an aromatic ring is 1. The lowest BCUT2D eigenvalue weighted by molar-refractivity contribution is 0.390. The number of nitrogens with two attached hydrogens (primary N) is 1. The van der Waals surface area contributed by atoms with Gasteiger partial charge in [-0.2, -0.15) is 4.98 Å². The number of hydrogen-bond donors (Lipinski definition) is 1. The maximum Gasteiger partial charge on any atom is 0.236 e. The Morgan fingerprint density at radius 2 is 2.33 bits per heavy atom. The van der Waals surface area contributed by atoms with E-state index in [9.17, 15) is 0 Å². The van der Waals surface area contributed by atoms with Gasteiger partial charge in [0.25, 0.3) is 0 Å². The molecule has 78 valence electrons. The summed E-state index contributed by atoms with van der Waals surface area (Å²) in [6.07, 6.45) is 1.38. The van der Waals surface area contributed by atoms with Crippen LogP contribution in [-0.2, 0) is 5.75 Å². The summed E-state index contributed by atoms with van der Waals surface area (Å²) >= 11 is 7.32. The highest BCUT2D eigenvalue weighted by Gasteiger charge is 2.04. The first-order valence-corrected chi connectivity index (χ1v) is 5.55. The second-order valence-corrected chi connectivity index (χ2v) is 4.26. The Kier molecular flexibility index (Phi) is 3.13. The molecule has 0 atom stereocenters. The molecule has 0 aliphatic heterocycles. The van der Waals surface area contributed by atoms with Crippen LogP contribution in [0.15, 0.2) is 33.9 Å². The fraction of sp³-hybridized carbons (Fsp3) is 0.111. The number of hydrogen-bond acceptors (Lipinski definition) is 5. The van der Waals surface area contributed by atoms with Gasteiger partial charge in [-0.05, 0) is 18.2 Å². The monoisotopic (exact) mass is 241 g/mol. The van der Waals surface area contributed by atoms with Gasteiger partial charge >= 0.3 is 0 Å². The van der Waals surface area contributed by atoms with E-state index >= 15 is 0 Å². The fourth-order valence-corrected chi connectivity index (χ4v) is 2.03. The minimum Gasteiger partial charge on any atom is -0.398 e. The van der Waals surface area contributed by atoms with E-state index in [-0.39, 0.29) is 0 Å². The third-order valence-electron chi connectivity index (χ3n) is 1.73. The summed E-state index contributed by atoms with van der Waals surface area (Å²) < 4.78 is 4.87. The van der Waals surface area contributed by atoms with Gasteiger partial charge in [0.2, 0.25) is 5.89 Å². The summed E-state index contributed by atoms with van der Waals surface area (Å²) in [5.41, 5.74) is 6.45. The summed E-state index contributed by atoms with van der Waals surface area (Å²) in [7, 11) is 0. The van der Waals surface area contributed by atoms with Crippen LogP contribution in [0.2, 0.25) is 5.02 Å². The molecule has 0 aliphatic carbocycles. The van der Waals surface area contributed by atoms with Crippen molar-refractivity contribution in [2.75, 3.05) is 5.73 Å². The molecule has 1 aromatic carbocycles. The molecule has 1 aromatic heterocycles. The Hall–Kier alpha value is -1.20. The molecular weight excluding hydrogens is 234 g/mol. The zero-order chi connectivity index (χ0) is 10.7. The highest BCUT2D eigenvalue weighted by molar-refractivity contribution is 7.98. The number of nitrogens with zero attached hydrogens (tertiary/aromatic N) is 2. The van der Waals surface area contributed by atoms with Crippen molar-refractivity contribution in [3.8, 4) is 0 Å². The summed E-state index contributed by atoms with van der Waals surface area (Å²) in [5.74, 6) is 1.18. The third-order valence-corrected chi connectivity index (χ3v) is 3.04. The van der Waals surface area contributed by atoms with Crippen LogP contribution in [0, 0.1) is 0 Å². The van der Waals surface area contributed by atoms with Crippen LogP contribution in [0.25, 0.3) is 0 Å². The standard InChI is InChI=1S/C9H8ClN3OS/c10-6-1-2-8(7(11)3-6)15-4-9-12-5-13-14-9/h1-3,5H,4,11H2. The van der Waals surface area contributed by atoms with Crippen LogP contribution in [0.5, 0.6) is 0 Å². The number of anilines is 1. The van der Waals surface area contributed by atoms with E-state index in [1.165, 1.54) is 18.1 Å². The Bertz CT molecular complexity index is 447. The molecule has 0 bridgehead atoms. The van der Waals surface area contributed by atoms with Crippen LogP contribution in [0.1, 0.15) is 5.89 Å². The van der Waals surface area contributed by atoms with E-state index in [0.29, 0.717) is 22.4 Å². The number of rotatable bonds is 3.